The molecular formula is C22H27N5O2S. The Morgan fingerprint density at radius 3 is 2.53 bits per heavy atom. The number of ether oxygens (including phenoxy) is 1. The number of likely N-dealkylation sites (N-methyl/N-ethyl adjacent to an activating group) is 1. The van der Waals surface area contributed by atoms with Crippen LogP contribution in [0.15, 0.2) is 54.6 Å². The average Bonchev–Trinajstić information content (AvgIpc) is 3.11. The Hall–Kier alpha value is -2.97. The van der Waals surface area contributed by atoms with Crippen LogP contribution in [0.25, 0.3) is 11.4 Å². The van der Waals surface area contributed by atoms with E-state index in [-0.39, 0.29) is 18.5 Å². The topological polar surface area (TPSA) is 75.2 Å². The lowest BCUT2D eigenvalue weighted by atomic mass is 10.1. The van der Waals surface area contributed by atoms with Gasteiger partial charge in [0, 0.05) is 18.2 Å². The quantitative estimate of drug-likeness (QED) is 0.516. The van der Waals surface area contributed by atoms with Gasteiger partial charge in [0.05, 0.1) is 7.11 Å². The fourth-order valence-electron chi connectivity index (χ4n) is 3.18. The number of rotatable bonds is 9. The zero-order valence-electron chi connectivity index (χ0n) is 17.5. The molecule has 0 bridgehead atoms. The van der Waals surface area contributed by atoms with Gasteiger partial charge in [0.1, 0.15) is 12.3 Å². The minimum absolute atomic E-state index is 0.0994. The predicted molar refractivity (Wildman–Crippen MR) is 120 cm³/mol. The molecule has 0 aliphatic heterocycles. The first-order valence-electron chi connectivity index (χ1n) is 9.74. The Kier molecular flexibility index (Phi) is 7.37. The highest BCUT2D eigenvalue weighted by molar-refractivity contribution is 7.71. The van der Waals surface area contributed by atoms with Gasteiger partial charge in [-0.3, -0.25) is 14.5 Å². The number of carbonyl (C=O) groups is 1. The summed E-state index contributed by atoms with van der Waals surface area (Å²) in [5, 5.41) is 10.1. The first-order chi connectivity index (χ1) is 14.5. The molecule has 3 rings (SSSR count). The molecule has 1 atom stereocenters. The maximum Gasteiger partial charge on any atom is 0.240 e. The lowest BCUT2D eigenvalue weighted by Gasteiger charge is -2.25. The smallest absolute Gasteiger partial charge is 0.240 e. The number of H-pyrrole nitrogens is 1. The highest BCUT2D eigenvalue weighted by Gasteiger charge is 2.16. The molecule has 0 radical (unpaired) electrons. The van der Waals surface area contributed by atoms with Crippen LogP contribution < -0.4 is 10.1 Å². The van der Waals surface area contributed by atoms with E-state index in [2.05, 4.69) is 32.5 Å². The number of aromatic nitrogens is 3. The van der Waals surface area contributed by atoms with Gasteiger partial charge in [-0.15, -0.1) is 0 Å². The number of nitrogens with zero attached hydrogens (tertiary/aromatic N) is 3. The number of carbonyl (C=O) groups excluding carboxylic acids is 1. The molecule has 2 N–H and O–H groups in total. The minimum atomic E-state index is -0.109. The van der Waals surface area contributed by atoms with Gasteiger partial charge in [-0.1, -0.05) is 30.3 Å². The number of hydrogen-bond donors (Lipinski definition) is 2. The highest BCUT2D eigenvalue weighted by atomic mass is 32.1. The molecule has 1 amide bonds. The second-order valence-corrected chi connectivity index (χ2v) is 7.66. The zero-order chi connectivity index (χ0) is 21.5. The van der Waals surface area contributed by atoms with Gasteiger partial charge in [0.15, 0.2) is 10.6 Å². The van der Waals surface area contributed by atoms with Crippen LogP contribution in [0.3, 0.4) is 0 Å². The summed E-state index contributed by atoms with van der Waals surface area (Å²) in [5.41, 5.74) is 2.09. The van der Waals surface area contributed by atoms with Gasteiger partial charge in [-0.25, -0.2) is 0 Å². The molecule has 0 saturated heterocycles. The van der Waals surface area contributed by atoms with E-state index in [0.29, 0.717) is 17.1 Å². The third kappa shape index (κ3) is 5.55. The van der Waals surface area contributed by atoms with Crippen molar-refractivity contribution in [1.82, 2.24) is 25.0 Å². The van der Waals surface area contributed by atoms with Crippen LogP contribution in [0.5, 0.6) is 5.75 Å². The molecule has 158 valence electrons. The van der Waals surface area contributed by atoms with Crippen LogP contribution in [-0.4, -0.2) is 59.4 Å². The van der Waals surface area contributed by atoms with Crippen molar-refractivity contribution in [3.8, 4) is 17.1 Å². The minimum Gasteiger partial charge on any atom is -0.497 e. The molecule has 1 aromatic heterocycles. The summed E-state index contributed by atoms with van der Waals surface area (Å²) in [6, 6.07) is 17.9. The predicted octanol–water partition coefficient (Wildman–Crippen LogP) is 2.91. The molecule has 1 heterocycles. The van der Waals surface area contributed by atoms with Gasteiger partial charge in [-0.05, 0) is 62.6 Å². The first kappa shape index (κ1) is 21.7. The lowest BCUT2D eigenvalue weighted by Crippen LogP contribution is -2.42. The van der Waals surface area contributed by atoms with E-state index in [1.807, 2.05) is 56.6 Å². The molecule has 0 saturated carbocycles. The second kappa shape index (κ2) is 10.2. The summed E-state index contributed by atoms with van der Waals surface area (Å²) in [7, 11) is 5.66. The van der Waals surface area contributed by atoms with Crippen molar-refractivity contribution in [3.63, 3.8) is 0 Å². The Bertz CT molecular complexity index is 1010. The Labute approximate surface area is 181 Å². The average molecular weight is 426 g/mol. The summed E-state index contributed by atoms with van der Waals surface area (Å²) in [5.74, 6) is 1.26. The van der Waals surface area contributed by atoms with Crippen LogP contribution in [0, 0.1) is 4.77 Å². The van der Waals surface area contributed by atoms with Crippen molar-refractivity contribution in [3.05, 3.63) is 64.9 Å². The lowest BCUT2D eigenvalue weighted by molar-refractivity contribution is -0.121. The monoisotopic (exact) mass is 425 g/mol. The normalized spacial score (nSPS) is 12.0. The number of aromatic amines is 1. The summed E-state index contributed by atoms with van der Waals surface area (Å²) < 4.78 is 7.31. The van der Waals surface area contributed by atoms with E-state index in [4.69, 9.17) is 17.0 Å². The Morgan fingerprint density at radius 1 is 1.20 bits per heavy atom. The van der Waals surface area contributed by atoms with Crippen molar-refractivity contribution in [1.29, 1.82) is 0 Å². The molecule has 8 heteroatoms. The third-order valence-corrected chi connectivity index (χ3v) is 5.30. The van der Waals surface area contributed by atoms with Crippen LogP contribution in [0.1, 0.15) is 5.56 Å². The van der Waals surface area contributed by atoms with Crippen molar-refractivity contribution in [2.24, 2.45) is 0 Å². The van der Waals surface area contributed by atoms with Crippen molar-refractivity contribution < 1.29 is 9.53 Å². The van der Waals surface area contributed by atoms with E-state index in [0.717, 1.165) is 17.7 Å². The summed E-state index contributed by atoms with van der Waals surface area (Å²) in [4.78, 5) is 14.8. The Balaban J connectivity index is 1.65. The van der Waals surface area contributed by atoms with Crippen LogP contribution in [0.4, 0.5) is 0 Å². The molecule has 3 aromatic rings. The molecule has 0 fully saturated rings. The van der Waals surface area contributed by atoms with E-state index in [1.165, 1.54) is 5.56 Å². The molecule has 0 spiro atoms. The summed E-state index contributed by atoms with van der Waals surface area (Å²) >= 11 is 5.34. The molecule has 2 aromatic carbocycles. The van der Waals surface area contributed by atoms with E-state index in [9.17, 15) is 4.79 Å². The van der Waals surface area contributed by atoms with E-state index in [1.54, 1.807) is 11.7 Å². The summed E-state index contributed by atoms with van der Waals surface area (Å²) in [6.07, 6.45) is 0.857. The largest absolute Gasteiger partial charge is 0.497 e. The van der Waals surface area contributed by atoms with Crippen molar-refractivity contribution in [2.45, 2.75) is 19.0 Å². The maximum atomic E-state index is 12.7. The fourth-order valence-corrected chi connectivity index (χ4v) is 3.38. The molecule has 7 nitrogen and oxygen atoms in total. The highest BCUT2D eigenvalue weighted by Crippen LogP contribution is 2.20. The SMILES string of the molecule is COc1ccc(-c2n[nH]c(=S)n2CC(=O)NCC(Cc2ccccc2)N(C)C)cc1. The third-order valence-electron chi connectivity index (χ3n) is 4.99. The van der Waals surface area contributed by atoms with Crippen LogP contribution in [-0.2, 0) is 17.8 Å². The molecule has 1 unspecified atom stereocenters. The number of hydrogen-bond acceptors (Lipinski definition) is 5. The van der Waals surface area contributed by atoms with E-state index < -0.39 is 0 Å². The van der Waals surface area contributed by atoms with Crippen LogP contribution >= 0.6 is 12.2 Å². The number of benzene rings is 2. The molecule has 0 aliphatic rings. The standard InChI is InChI=1S/C22H27N5O2S/c1-26(2)18(13-16-7-5-4-6-8-16)14-23-20(28)15-27-21(24-25-22(27)30)17-9-11-19(29-3)12-10-17/h4-12,18H,13-15H2,1-3H3,(H,23,28)(H,25,30). The van der Waals surface area contributed by atoms with Gasteiger partial charge in [0.25, 0.3) is 0 Å². The number of amides is 1. The molecular weight excluding hydrogens is 398 g/mol. The second-order valence-electron chi connectivity index (χ2n) is 7.28. The first-order valence-corrected chi connectivity index (χ1v) is 10.2. The number of methoxy groups -OCH3 is 1. The van der Waals surface area contributed by atoms with Gasteiger partial charge in [-0.2, -0.15) is 5.10 Å². The number of nitrogens with one attached hydrogen (secondary N) is 2. The fraction of sp³-hybridized carbons (Fsp3) is 0.318. The van der Waals surface area contributed by atoms with Gasteiger partial charge < -0.3 is 15.0 Å². The van der Waals surface area contributed by atoms with Gasteiger partial charge >= 0.3 is 0 Å². The molecule has 30 heavy (non-hydrogen) atoms. The van der Waals surface area contributed by atoms with Crippen molar-refractivity contribution in [2.75, 3.05) is 27.7 Å². The molecule has 0 aliphatic carbocycles. The van der Waals surface area contributed by atoms with Crippen LogP contribution in [0.2, 0.25) is 0 Å². The Morgan fingerprint density at radius 2 is 1.90 bits per heavy atom. The maximum absolute atomic E-state index is 12.7. The zero-order valence-corrected chi connectivity index (χ0v) is 18.3. The summed E-state index contributed by atoms with van der Waals surface area (Å²) in [6.45, 7) is 0.645. The van der Waals surface area contributed by atoms with E-state index >= 15 is 0 Å². The van der Waals surface area contributed by atoms with Crippen molar-refractivity contribution >= 4 is 18.1 Å². The van der Waals surface area contributed by atoms with Gasteiger partial charge in [0.2, 0.25) is 5.91 Å².